The van der Waals surface area contributed by atoms with Crippen molar-refractivity contribution in [2.24, 2.45) is 0 Å². The third-order valence-electron chi connectivity index (χ3n) is 3.18. The van der Waals surface area contributed by atoms with E-state index in [0.717, 1.165) is 24.2 Å². The van der Waals surface area contributed by atoms with Crippen LogP contribution < -0.4 is 11.1 Å². The number of nitrogens with two attached hydrogens (primary N) is 1. The Bertz CT molecular complexity index is 315. The molecule has 0 spiro atoms. The second-order valence-corrected chi connectivity index (χ2v) is 4.39. The smallest absolute Gasteiger partial charge is 0.0661 e. The van der Waals surface area contributed by atoms with Gasteiger partial charge in [-0.2, -0.15) is 0 Å². The van der Waals surface area contributed by atoms with Crippen molar-refractivity contribution in [2.45, 2.75) is 31.2 Å². The van der Waals surface area contributed by atoms with E-state index in [0.29, 0.717) is 0 Å². The topological polar surface area (TPSA) is 58.3 Å². The highest BCUT2D eigenvalue weighted by Crippen LogP contribution is 2.32. The van der Waals surface area contributed by atoms with Crippen LogP contribution in [0.5, 0.6) is 0 Å². The van der Waals surface area contributed by atoms with E-state index in [1.54, 1.807) is 0 Å². The number of anilines is 2. The molecule has 0 radical (unpaired) electrons. The Balaban J connectivity index is 2.09. The summed E-state index contributed by atoms with van der Waals surface area (Å²) in [4.78, 5) is 0. The van der Waals surface area contributed by atoms with Crippen molar-refractivity contribution in [3.8, 4) is 0 Å². The standard InChI is InChI=1S/C12H18N2O/c13-10-3-5-11(6-4-10)14-12(9-15)7-1-2-8-12/h3-6,14-15H,1-2,7-9,13H2. The van der Waals surface area contributed by atoms with Crippen molar-refractivity contribution >= 4 is 11.4 Å². The molecule has 0 bridgehead atoms. The summed E-state index contributed by atoms with van der Waals surface area (Å²) in [6, 6.07) is 7.68. The van der Waals surface area contributed by atoms with Gasteiger partial charge in [-0.05, 0) is 37.1 Å². The monoisotopic (exact) mass is 206 g/mol. The first-order valence-corrected chi connectivity index (χ1v) is 5.49. The number of aliphatic hydroxyl groups excluding tert-OH is 1. The van der Waals surface area contributed by atoms with Crippen LogP contribution in [0.3, 0.4) is 0 Å². The lowest BCUT2D eigenvalue weighted by Gasteiger charge is -2.29. The van der Waals surface area contributed by atoms with E-state index in [9.17, 15) is 5.11 Å². The Morgan fingerprint density at radius 1 is 1.20 bits per heavy atom. The lowest BCUT2D eigenvalue weighted by atomic mass is 9.98. The van der Waals surface area contributed by atoms with Crippen molar-refractivity contribution in [1.29, 1.82) is 0 Å². The molecule has 0 unspecified atom stereocenters. The second kappa shape index (κ2) is 4.11. The highest BCUT2D eigenvalue weighted by Gasteiger charge is 2.32. The van der Waals surface area contributed by atoms with Gasteiger partial charge in [-0.25, -0.2) is 0 Å². The summed E-state index contributed by atoms with van der Waals surface area (Å²) >= 11 is 0. The fraction of sp³-hybridized carbons (Fsp3) is 0.500. The molecule has 3 nitrogen and oxygen atoms in total. The van der Waals surface area contributed by atoms with Crippen LogP contribution in [0, 0.1) is 0 Å². The molecule has 4 N–H and O–H groups in total. The zero-order chi connectivity index (χ0) is 10.7. The third kappa shape index (κ3) is 2.23. The van der Waals surface area contributed by atoms with Gasteiger partial charge in [0.15, 0.2) is 0 Å². The summed E-state index contributed by atoms with van der Waals surface area (Å²) < 4.78 is 0. The van der Waals surface area contributed by atoms with Gasteiger partial charge in [0, 0.05) is 11.4 Å². The minimum atomic E-state index is -0.101. The predicted octanol–water partition coefficient (Wildman–Crippen LogP) is 1.99. The van der Waals surface area contributed by atoms with E-state index in [1.807, 2.05) is 24.3 Å². The molecule has 0 saturated heterocycles. The van der Waals surface area contributed by atoms with E-state index in [-0.39, 0.29) is 12.1 Å². The maximum atomic E-state index is 9.45. The first kappa shape index (κ1) is 10.3. The zero-order valence-corrected chi connectivity index (χ0v) is 8.87. The van der Waals surface area contributed by atoms with Crippen LogP contribution in [0.4, 0.5) is 11.4 Å². The SMILES string of the molecule is Nc1ccc(NC2(CO)CCCC2)cc1. The van der Waals surface area contributed by atoms with E-state index in [4.69, 9.17) is 5.73 Å². The molecule has 1 aliphatic carbocycles. The van der Waals surface area contributed by atoms with Crippen molar-refractivity contribution in [3.05, 3.63) is 24.3 Å². The molecule has 15 heavy (non-hydrogen) atoms. The second-order valence-electron chi connectivity index (χ2n) is 4.39. The van der Waals surface area contributed by atoms with Gasteiger partial charge in [0.05, 0.1) is 12.1 Å². The lowest BCUT2D eigenvalue weighted by molar-refractivity contribution is 0.214. The zero-order valence-electron chi connectivity index (χ0n) is 8.87. The third-order valence-corrected chi connectivity index (χ3v) is 3.18. The quantitative estimate of drug-likeness (QED) is 0.663. The minimum Gasteiger partial charge on any atom is -0.399 e. The molecule has 0 atom stereocenters. The van der Waals surface area contributed by atoms with Crippen molar-refractivity contribution in [2.75, 3.05) is 17.7 Å². The highest BCUT2D eigenvalue weighted by atomic mass is 16.3. The molecular weight excluding hydrogens is 188 g/mol. The lowest BCUT2D eigenvalue weighted by Crippen LogP contribution is -2.38. The molecule has 2 rings (SSSR count). The van der Waals surface area contributed by atoms with Gasteiger partial charge in [0.25, 0.3) is 0 Å². The summed E-state index contributed by atoms with van der Waals surface area (Å²) in [6.07, 6.45) is 4.49. The fourth-order valence-corrected chi connectivity index (χ4v) is 2.25. The minimum absolute atomic E-state index is 0.101. The molecule has 3 heteroatoms. The number of rotatable bonds is 3. The summed E-state index contributed by atoms with van der Waals surface area (Å²) in [5, 5.41) is 12.9. The first-order chi connectivity index (χ1) is 7.24. The average molecular weight is 206 g/mol. The number of nitrogens with one attached hydrogen (secondary N) is 1. The van der Waals surface area contributed by atoms with Crippen LogP contribution in [0.1, 0.15) is 25.7 Å². The van der Waals surface area contributed by atoms with E-state index in [2.05, 4.69) is 5.32 Å². The van der Waals surface area contributed by atoms with Crippen LogP contribution in [0.2, 0.25) is 0 Å². The Kier molecular flexibility index (Phi) is 2.82. The average Bonchev–Trinajstić information content (AvgIpc) is 2.71. The predicted molar refractivity (Wildman–Crippen MR) is 62.8 cm³/mol. The van der Waals surface area contributed by atoms with Crippen molar-refractivity contribution in [3.63, 3.8) is 0 Å². The van der Waals surface area contributed by atoms with Gasteiger partial charge < -0.3 is 16.2 Å². The van der Waals surface area contributed by atoms with Crippen LogP contribution >= 0.6 is 0 Å². The molecule has 0 amide bonds. The van der Waals surface area contributed by atoms with Crippen LogP contribution in [0.15, 0.2) is 24.3 Å². The largest absolute Gasteiger partial charge is 0.399 e. The van der Waals surface area contributed by atoms with Crippen molar-refractivity contribution < 1.29 is 5.11 Å². The van der Waals surface area contributed by atoms with Crippen LogP contribution in [0.25, 0.3) is 0 Å². The molecule has 82 valence electrons. The molecule has 1 aliphatic rings. The number of aliphatic hydroxyl groups is 1. The molecule has 1 aromatic rings. The summed E-state index contributed by atoms with van der Waals surface area (Å²) in [7, 11) is 0. The van der Waals surface area contributed by atoms with Gasteiger partial charge in [0.1, 0.15) is 0 Å². The molecule has 0 aliphatic heterocycles. The fourth-order valence-electron chi connectivity index (χ4n) is 2.25. The Morgan fingerprint density at radius 3 is 2.33 bits per heavy atom. The number of hydrogen-bond donors (Lipinski definition) is 3. The van der Waals surface area contributed by atoms with E-state index < -0.39 is 0 Å². The molecule has 0 heterocycles. The van der Waals surface area contributed by atoms with Crippen LogP contribution in [-0.4, -0.2) is 17.3 Å². The molecule has 1 aromatic carbocycles. The van der Waals surface area contributed by atoms with Gasteiger partial charge >= 0.3 is 0 Å². The number of hydrogen-bond acceptors (Lipinski definition) is 3. The number of nitrogen functional groups attached to an aromatic ring is 1. The van der Waals surface area contributed by atoms with Gasteiger partial charge in [-0.15, -0.1) is 0 Å². The normalized spacial score (nSPS) is 19.0. The van der Waals surface area contributed by atoms with Crippen molar-refractivity contribution in [1.82, 2.24) is 0 Å². The molecular formula is C12H18N2O. The molecule has 1 fully saturated rings. The summed E-state index contributed by atoms with van der Waals surface area (Å²) in [5.74, 6) is 0. The molecule has 1 saturated carbocycles. The van der Waals surface area contributed by atoms with E-state index in [1.165, 1.54) is 12.8 Å². The Hall–Kier alpha value is -1.22. The van der Waals surface area contributed by atoms with E-state index >= 15 is 0 Å². The Morgan fingerprint density at radius 2 is 1.80 bits per heavy atom. The summed E-state index contributed by atoms with van der Waals surface area (Å²) in [6.45, 7) is 0.206. The maximum Gasteiger partial charge on any atom is 0.0661 e. The number of benzene rings is 1. The Labute approximate surface area is 90.3 Å². The molecule has 0 aromatic heterocycles. The van der Waals surface area contributed by atoms with Gasteiger partial charge in [-0.3, -0.25) is 0 Å². The van der Waals surface area contributed by atoms with Crippen LogP contribution in [-0.2, 0) is 0 Å². The first-order valence-electron chi connectivity index (χ1n) is 5.49. The summed E-state index contributed by atoms with van der Waals surface area (Å²) in [5.41, 5.74) is 7.33. The highest BCUT2D eigenvalue weighted by molar-refractivity contribution is 5.52. The van der Waals surface area contributed by atoms with Gasteiger partial charge in [0.2, 0.25) is 0 Å². The van der Waals surface area contributed by atoms with Gasteiger partial charge in [-0.1, -0.05) is 12.8 Å². The maximum absolute atomic E-state index is 9.45.